The first-order valence-corrected chi connectivity index (χ1v) is 7.64. The van der Waals surface area contributed by atoms with Gasteiger partial charge in [-0.1, -0.05) is 24.3 Å². The Morgan fingerprint density at radius 1 is 1.17 bits per heavy atom. The number of nitrogens with one attached hydrogen (secondary N) is 1. The molecule has 0 saturated heterocycles. The monoisotopic (exact) mass is 301 g/mol. The zero-order valence-corrected chi connectivity index (χ0v) is 12.5. The molecule has 0 unspecified atom stereocenters. The van der Waals surface area contributed by atoms with E-state index in [4.69, 9.17) is 5.26 Å². The third-order valence-corrected chi connectivity index (χ3v) is 4.41. The fourth-order valence-electron chi connectivity index (χ4n) is 3.27. The van der Waals surface area contributed by atoms with Crippen LogP contribution in [0.1, 0.15) is 27.2 Å². The SMILES string of the molecule is N#Cc1cccc(C(=O)N2CCc3c([nH]c4ccccc34)C2)c1. The smallest absolute Gasteiger partial charge is 0.254 e. The Kier molecular flexibility index (Phi) is 3.13. The van der Waals surface area contributed by atoms with Gasteiger partial charge in [-0.25, -0.2) is 0 Å². The minimum absolute atomic E-state index is 0.0218. The quantitative estimate of drug-likeness (QED) is 0.750. The third-order valence-electron chi connectivity index (χ3n) is 4.41. The van der Waals surface area contributed by atoms with Crippen molar-refractivity contribution in [2.75, 3.05) is 6.54 Å². The van der Waals surface area contributed by atoms with E-state index >= 15 is 0 Å². The van der Waals surface area contributed by atoms with Crippen molar-refractivity contribution in [1.29, 1.82) is 5.26 Å². The molecule has 4 nitrogen and oxygen atoms in total. The maximum atomic E-state index is 12.7. The third kappa shape index (κ3) is 2.27. The topological polar surface area (TPSA) is 59.9 Å². The fourth-order valence-corrected chi connectivity index (χ4v) is 3.27. The lowest BCUT2D eigenvalue weighted by atomic mass is 10.0. The summed E-state index contributed by atoms with van der Waals surface area (Å²) in [7, 11) is 0. The predicted molar refractivity (Wildman–Crippen MR) is 87.9 cm³/mol. The van der Waals surface area contributed by atoms with Crippen molar-refractivity contribution in [3.8, 4) is 6.07 Å². The molecule has 4 heteroatoms. The van der Waals surface area contributed by atoms with Crippen LogP contribution in [0.2, 0.25) is 0 Å². The van der Waals surface area contributed by atoms with Crippen LogP contribution in [0.25, 0.3) is 10.9 Å². The van der Waals surface area contributed by atoms with Crippen molar-refractivity contribution in [3.63, 3.8) is 0 Å². The normalized spacial score (nSPS) is 13.6. The maximum absolute atomic E-state index is 12.7. The number of nitrogens with zero attached hydrogens (tertiary/aromatic N) is 2. The second-order valence-electron chi connectivity index (χ2n) is 5.80. The number of amides is 1. The number of hydrogen-bond donors (Lipinski definition) is 1. The minimum Gasteiger partial charge on any atom is -0.357 e. The van der Waals surface area contributed by atoms with Crippen molar-refractivity contribution >= 4 is 16.8 Å². The van der Waals surface area contributed by atoms with E-state index in [0.717, 1.165) is 17.6 Å². The molecule has 0 bridgehead atoms. The van der Waals surface area contributed by atoms with Gasteiger partial charge < -0.3 is 9.88 Å². The summed E-state index contributed by atoms with van der Waals surface area (Å²) in [6.07, 6.45) is 0.850. The first-order chi connectivity index (χ1) is 11.3. The first kappa shape index (κ1) is 13.6. The van der Waals surface area contributed by atoms with Gasteiger partial charge in [0.05, 0.1) is 18.2 Å². The van der Waals surface area contributed by atoms with Crippen molar-refractivity contribution < 1.29 is 4.79 Å². The zero-order chi connectivity index (χ0) is 15.8. The fraction of sp³-hybridized carbons (Fsp3) is 0.158. The molecule has 0 saturated carbocycles. The van der Waals surface area contributed by atoms with E-state index in [1.807, 2.05) is 17.0 Å². The molecule has 2 aromatic carbocycles. The Balaban J connectivity index is 1.65. The Morgan fingerprint density at radius 2 is 2.04 bits per heavy atom. The number of fused-ring (bicyclic) bond motifs is 3. The summed E-state index contributed by atoms with van der Waals surface area (Å²) in [4.78, 5) is 18.0. The van der Waals surface area contributed by atoms with Gasteiger partial charge in [-0.15, -0.1) is 0 Å². The molecule has 4 rings (SSSR count). The lowest BCUT2D eigenvalue weighted by Gasteiger charge is -2.27. The van der Waals surface area contributed by atoms with Crippen LogP contribution in [-0.4, -0.2) is 22.3 Å². The van der Waals surface area contributed by atoms with Crippen LogP contribution in [-0.2, 0) is 13.0 Å². The minimum atomic E-state index is -0.0218. The lowest BCUT2D eigenvalue weighted by Crippen LogP contribution is -2.35. The molecule has 0 radical (unpaired) electrons. The van der Waals surface area contributed by atoms with Crippen molar-refractivity contribution in [2.24, 2.45) is 0 Å². The summed E-state index contributed by atoms with van der Waals surface area (Å²) in [5.74, 6) is -0.0218. The number of hydrogen-bond acceptors (Lipinski definition) is 2. The molecule has 3 aromatic rings. The number of aromatic amines is 1. The number of carbonyl (C=O) groups excluding carboxylic acids is 1. The molecule has 2 heterocycles. The summed E-state index contributed by atoms with van der Waals surface area (Å²) in [6, 6.07) is 17.2. The van der Waals surface area contributed by atoms with Crippen LogP contribution in [0.3, 0.4) is 0 Å². The van der Waals surface area contributed by atoms with Gasteiger partial charge in [-0.05, 0) is 36.2 Å². The van der Waals surface area contributed by atoms with Crippen molar-refractivity contribution in [2.45, 2.75) is 13.0 Å². The molecule has 0 fully saturated rings. The summed E-state index contributed by atoms with van der Waals surface area (Å²) in [5, 5.41) is 10.2. The highest BCUT2D eigenvalue weighted by Gasteiger charge is 2.24. The molecular weight excluding hydrogens is 286 g/mol. The maximum Gasteiger partial charge on any atom is 0.254 e. The Hall–Kier alpha value is -3.06. The van der Waals surface area contributed by atoms with E-state index < -0.39 is 0 Å². The molecule has 112 valence electrons. The molecule has 1 amide bonds. The predicted octanol–water partition coefficient (Wildman–Crippen LogP) is 3.24. The van der Waals surface area contributed by atoms with Gasteiger partial charge in [0.2, 0.25) is 0 Å². The van der Waals surface area contributed by atoms with E-state index in [1.54, 1.807) is 24.3 Å². The van der Waals surface area contributed by atoms with Gasteiger partial charge in [0.15, 0.2) is 0 Å². The first-order valence-electron chi connectivity index (χ1n) is 7.64. The molecule has 1 aliphatic rings. The number of H-pyrrole nitrogens is 1. The van der Waals surface area contributed by atoms with Crippen LogP contribution in [0.4, 0.5) is 0 Å². The summed E-state index contributed by atoms with van der Waals surface area (Å²) in [6.45, 7) is 1.28. The molecule has 0 spiro atoms. The standard InChI is InChI=1S/C19H15N3O/c20-11-13-4-3-5-14(10-13)19(23)22-9-8-16-15-6-1-2-7-17(15)21-18(16)12-22/h1-7,10,21H,8-9,12H2. The van der Waals surface area contributed by atoms with Gasteiger partial charge in [0, 0.05) is 28.7 Å². The number of aromatic nitrogens is 1. The van der Waals surface area contributed by atoms with E-state index in [2.05, 4.69) is 23.2 Å². The largest absolute Gasteiger partial charge is 0.357 e. The van der Waals surface area contributed by atoms with Crippen molar-refractivity contribution in [1.82, 2.24) is 9.88 Å². The lowest BCUT2D eigenvalue weighted by molar-refractivity contribution is 0.0733. The van der Waals surface area contributed by atoms with Gasteiger partial charge in [0.25, 0.3) is 5.91 Å². The van der Waals surface area contributed by atoms with Gasteiger partial charge in [0.1, 0.15) is 0 Å². The molecule has 0 atom stereocenters. The van der Waals surface area contributed by atoms with Gasteiger partial charge in [-0.3, -0.25) is 4.79 Å². The zero-order valence-electron chi connectivity index (χ0n) is 12.5. The summed E-state index contributed by atoms with van der Waals surface area (Å²) in [5.41, 5.74) is 4.64. The molecule has 1 aliphatic heterocycles. The van der Waals surface area contributed by atoms with Crippen LogP contribution < -0.4 is 0 Å². The van der Waals surface area contributed by atoms with Crippen LogP contribution in [0.15, 0.2) is 48.5 Å². The average Bonchev–Trinajstić information content (AvgIpc) is 2.98. The molecule has 0 aliphatic carbocycles. The molecule has 23 heavy (non-hydrogen) atoms. The second-order valence-corrected chi connectivity index (χ2v) is 5.80. The van der Waals surface area contributed by atoms with E-state index in [0.29, 0.717) is 24.2 Å². The Labute approximate surface area is 134 Å². The highest BCUT2D eigenvalue weighted by Crippen LogP contribution is 2.28. The summed E-state index contributed by atoms with van der Waals surface area (Å²) < 4.78 is 0. The number of carbonyl (C=O) groups is 1. The number of benzene rings is 2. The molecular formula is C19H15N3O. The highest BCUT2D eigenvalue weighted by molar-refractivity contribution is 5.95. The van der Waals surface area contributed by atoms with Gasteiger partial charge >= 0.3 is 0 Å². The van der Waals surface area contributed by atoms with Crippen LogP contribution >= 0.6 is 0 Å². The average molecular weight is 301 g/mol. The Bertz CT molecular complexity index is 949. The summed E-state index contributed by atoms with van der Waals surface area (Å²) >= 11 is 0. The van der Waals surface area contributed by atoms with Crippen molar-refractivity contribution in [3.05, 3.63) is 70.9 Å². The molecule has 1 aromatic heterocycles. The highest BCUT2D eigenvalue weighted by atomic mass is 16.2. The second kappa shape index (κ2) is 5.29. The van der Waals surface area contributed by atoms with Crippen LogP contribution in [0, 0.1) is 11.3 Å². The number of rotatable bonds is 1. The number of para-hydroxylation sites is 1. The van der Waals surface area contributed by atoms with E-state index in [-0.39, 0.29) is 5.91 Å². The number of nitriles is 1. The molecule has 1 N–H and O–H groups in total. The van der Waals surface area contributed by atoms with Gasteiger partial charge in [-0.2, -0.15) is 5.26 Å². The van der Waals surface area contributed by atoms with E-state index in [1.165, 1.54) is 10.9 Å². The Morgan fingerprint density at radius 3 is 2.91 bits per heavy atom. The van der Waals surface area contributed by atoms with Crippen LogP contribution in [0.5, 0.6) is 0 Å². The van der Waals surface area contributed by atoms with E-state index in [9.17, 15) is 4.79 Å².